The molecule has 0 radical (unpaired) electrons. The third-order valence-corrected chi connectivity index (χ3v) is 3.79. The topological polar surface area (TPSA) is 93.1 Å². The maximum Gasteiger partial charge on any atom is 0.271 e. The average molecular weight is 313 g/mol. The van der Waals surface area contributed by atoms with E-state index < -0.39 is 16.1 Å². The van der Waals surface area contributed by atoms with Crippen LogP contribution in [0.3, 0.4) is 0 Å². The molecule has 0 fully saturated rings. The van der Waals surface area contributed by atoms with Crippen LogP contribution in [0.2, 0.25) is 5.02 Å². The van der Waals surface area contributed by atoms with Crippen molar-refractivity contribution in [2.24, 2.45) is 0 Å². The van der Waals surface area contributed by atoms with Gasteiger partial charge in [0.1, 0.15) is 0 Å². The van der Waals surface area contributed by atoms with Gasteiger partial charge in [0.2, 0.25) is 5.43 Å². The molecule has 1 aromatic carbocycles. The molecule has 1 heterocycles. The van der Waals surface area contributed by atoms with E-state index in [-0.39, 0.29) is 27.2 Å². The Bertz CT molecular complexity index is 800. The molecule has 0 unspecified atom stereocenters. The Morgan fingerprint density at radius 1 is 1.45 bits per heavy atom. The van der Waals surface area contributed by atoms with Gasteiger partial charge in [0.15, 0.2) is 5.78 Å². The van der Waals surface area contributed by atoms with E-state index in [1.165, 1.54) is 18.7 Å². The number of hydrogen-bond acceptors (Lipinski definition) is 5. The van der Waals surface area contributed by atoms with Crippen molar-refractivity contribution in [2.75, 3.05) is 6.26 Å². The van der Waals surface area contributed by atoms with Gasteiger partial charge in [-0.15, -0.1) is 11.8 Å². The third-order valence-electron chi connectivity index (χ3n) is 2.78. The molecule has 0 bridgehead atoms. The standard InChI is InChI=1S/C12H9ClN2O4S/c1-5(16)9-11(17)7-3-6(15(18)19)4-8(13)10(7)14-12(9)20-2/h3-4H,1-2H3,(H,14,17). The quantitative estimate of drug-likeness (QED) is 0.407. The van der Waals surface area contributed by atoms with Crippen molar-refractivity contribution in [3.05, 3.63) is 43.1 Å². The van der Waals surface area contributed by atoms with Gasteiger partial charge in [-0.2, -0.15) is 0 Å². The zero-order valence-corrected chi connectivity index (χ0v) is 12.1. The summed E-state index contributed by atoms with van der Waals surface area (Å²) in [6.45, 7) is 1.27. The zero-order valence-electron chi connectivity index (χ0n) is 10.5. The number of benzene rings is 1. The Kier molecular flexibility index (Phi) is 3.82. The molecule has 0 spiro atoms. The molecule has 0 amide bonds. The Balaban J connectivity index is 2.98. The van der Waals surface area contributed by atoms with E-state index in [1.54, 1.807) is 6.26 Å². The maximum atomic E-state index is 12.3. The molecule has 8 heteroatoms. The molecular formula is C12H9ClN2O4S. The summed E-state index contributed by atoms with van der Waals surface area (Å²) in [7, 11) is 0. The minimum atomic E-state index is -0.638. The first kappa shape index (κ1) is 14.5. The normalized spacial score (nSPS) is 10.8. The Morgan fingerprint density at radius 2 is 2.10 bits per heavy atom. The molecule has 104 valence electrons. The number of pyridine rings is 1. The summed E-state index contributed by atoms with van der Waals surface area (Å²) in [5.41, 5.74) is -0.571. The molecule has 0 aliphatic heterocycles. The average Bonchev–Trinajstić information content (AvgIpc) is 2.38. The fraction of sp³-hybridized carbons (Fsp3) is 0.167. The Labute approximate surface area is 122 Å². The third kappa shape index (κ3) is 2.30. The Morgan fingerprint density at radius 3 is 2.60 bits per heavy atom. The molecule has 2 aromatic rings. The number of aromatic nitrogens is 1. The van der Waals surface area contributed by atoms with Crippen molar-refractivity contribution < 1.29 is 9.72 Å². The number of carbonyl (C=O) groups is 1. The maximum absolute atomic E-state index is 12.3. The van der Waals surface area contributed by atoms with Crippen LogP contribution in [0, 0.1) is 10.1 Å². The largest absolute Gasteiger partial charge is 0.348 e. The van der Waals surface area contributed by atoms with Gasteiger partial charge >= 0.3 is 0 Å². The van der Waals surface area contributed by atoms with Crippen LogP contribution in [0.4, 0.5) is 5.69 Å². The lowest BCUT2D eigenvalue weighted by Gasteiger charge is -2.08. The highest BCUT2D eigenvalue weighted by atomic mass is 35.5. The van der Waals surface area contributed by atoms with E-state index in [2.05, 4.69) is 4.98 Å². The summed E-state index contributed by atoms with van der Waals surface area (Å²) in [4.78, 5) is 37.0. The molecule has 1 N–H and O–H groups in total. The number of hydrogen-bond donors (Lipinski definition) is 1. The number of halogens is 1. The molecule has 0 saturated carbocycles. The number of H-pyrrole nitrogens is 1. The number of rotatable bonds is 3. The van der Waals surface area contributed by atoms with Crippen LogP contribution >= 0.6 is 23.4 Å². The predicted molar refractivity (Wildman–Crippen MR) is 78.0 cm³/mol. The molecule has 0 aliphatic rings. The molecular weight excluding hydrogens is 304 g/mol. The second kappa shape index (κ2) is 5.26. The molecule has 0 saturated heterocycles. The van der Waals surface area contributed by atoms with Crippen LogP contribution in [0.15, 0.2) is 22.0 Å². The van der Waals surface area contributed by atoms with Crippen LogP contribution in [-0.2, 0) is 0 Å². The number of non-ortho nitro benzene ring substituents is 1. The highest BCUT2D eigenvalue weighted by Gasteiger charge is 2.19. The van der Waals surface area contributed by atoms with Crippen molar-refractivity contribution in [3.63, 3.8) is 0 Å². The van der Waals surface area contributed by atoms with Gasteiger partial charge in [-0.1, -0.05) is 11.6 Å². The van der Waals surface area contributed by atoms with Crippen LogP contribution in [0.5, 0.6) is 0 Å². The van der Waals surface area contributed by atoms with E-state index in [0.29, 0.717) is 5.03 Å². The van der Waals surface area contributed by atoms with Gasteiger partial charge in [0.25, 0.3) is 5.69 Å². The van der Waals surface area contributed by atoms with Gasteiger partial charge in [0, 0.05) is 12.1 Å². The minimum absolute atomic E-state index is 0.0124. The number of nitrogens with one attached hydrogen (secondary N) is 1. The summed E-state index contributed by atoms with van der Waals surface area (Å²) in [6, 6.07) is 2.29. The first-order chi connectivity index (χ1) is 9.36. The van der Waals surface area contributed by atoms with Gasteiger partial charge in [-0.05, 0) is 13.2 Å². The van der Waals surface area contributed by atoms with Crippen molar-refractivity contribution in [1.82, 2.24) is 4.98 Å². The molecule has 2 rings (SSSR count). The number of thioether (sulfide) groups is 1. The van der Waals surface area contributed by atoms with E-state index in [1.807, 2.05) is 0 Å². The second-order valence-corrected chi connectivity index (χ2v) is 5.25. The first-order valence-electron chi connectivity index (χ1n) is 5.45. The van der Waals surface area contributed by atoms with E-state index in [9.17, 15) is 19.7 Å². The molecule has 0 atom stereocenters. The number of nitrogens with zero attached hydrogens (tertiary/aromatic N) is 1. The number of carbonyl (C=O) groups excluding carboxylic acids is 1. The summed E-state index contributed by atoms with van der Waals surface area (Å²) >= 11 is 7.17. The smallest absolute Gasteiger partial charge is 0.271 e. The highest BCUT2D eigenvalue weighted by Crippen LogP contribution is 2.28. The lowest BCUT2D eigenvalue weighted by Crippen LogP contribution is -2.16. The summed E-state index contributed by atoms with van der Waals surface area (Å²) in [5, 5.41) is 11.3. The van der Waals surface area contributed by atoms with E-state index >= 15 is 0 Å². The Hall–Kier alpha value is -1.86. The van der Waals surface area contributed by atoms with Crippen molar-refractivity contribution in [2.45, 2.75) is 11.9 Å². The van der Waals surface area contributed by atoms with Gasteiger partial charge < -0.3 is 4.98 Å². The number of nitro groups is 1. The highest BCUT2D eigenvalue weighted by molar-refractivity contribution is 7.98. The van der Waals surface area contributed by atoms with Crippen molar-refractivity contribution in [1.29, 1.82) is 0 Å². The van der Waals surface area contributed by atoms with Gasteiger partial charge in [-0.25, -0.2) is 0 Å². The first-order valence-corrected chi connectivity index (χ1v) is 7.06. The summed E-state index contributed by atoms with van der Waals surface area (Å²) in [5.74, 6) is -0.403. The fourth-order valence-corrected chi connectivity index (χ4v) is 2.80. The number of Topliss-reactive ketones (excluding diaryl/α,β-unsaturated/α-hetero) is 1. The number of fused-ring (bicyclic) bond motifs is 1. The SMILES string of the molecule is CSc1[nH]c2c(Cl)cc([N+](=O)[O-])cc2c(=O)c1C(C)=O. The zero-order chi connectivity index (χ0) is 15.0. The molecule has 20 heavy (non-hydrogen) atoms. The lowest BCUT2D eigenvalue weighted by atomic mass is 10.1. The van der Waals surface area contributed by atoms with Crippen molar-refractivity contribution in [3.8, 4) is 0 Å². The molecule has 0 aliphatic carbocycles. The monoisotopic (exact) mass is 312 g/mol. The summed E-state index contributed by atoms with van der Waals surface area (Å²) in [6.07, 6.45) is 1.71. The number of aromatic amines is 1. The predicted octanol–water partition coefficient (Wildman–Crippen LogP) is 3.01. The molecule has 1 aromatic heterocycles. The molecule has 6 nitrogen and oxygen atoms in total. The van der Waals surface area contributed by atoms with Gasteiger partial charge in [0.05, 0.1) is 31.4 Å². The van der Waals surface area contributed by atoms with E-state index in [0.717, 1.165) is 12.1 Å². The second-order valence-electron chi connectivity index (χ2n) is 4.03. The summed E-state index contributed by atoms with van der Waals surface area (Å²) < 4.78 is 0. The van der Waals surface area contributed by atoms with E-state index in [4.69, 9.17) is 11.6 Å². The van der Waals surface area contributed by atoms with Crippen LogP contribution < -0.4 is 5.43 Å². The lowest BCUT2D eigenvalue weighted by molar-refractivity contribution is -0.384. The fourth-order valence-electron chi connectivity index (χ4n) is 1.89. The van der Waals surface area contributed by atoms with Crippen LogP contribution in [0.1, 0.15) is 17.3 Å². The van der Waals surface area contributed by atoms with Crippen molar-refractivity contribution >= 4 is 45.7 Å². The van der Waals surface area contributed by atoms with Gasteiger partial charge in [-0.3, -0.25) is 19.7 Å². The number of nitro benzene ring substituents is 1. The van der Waals surface area contributed by atoms with Crippen LogP contribution in [0.25, 0.3) is 10.9 Å². The minimum Gasteiger partial charge on any atom is -0.348 e. The number of ketones is 1. The van der Waals surface area contributed by atoms with Crippen LogP contribution in [-0.4, -0.2) is 21.9 Å².